The number of methoxy groups -OCH3 is 3. The molecule has 0 bridgehead atoms. The second-order valence-corrected chi connectivity index (χ2v) is 6.90. The topological polar surface area (TPSA) is 129 Å². The van der Waals surface area contributed by atoms with Crippen LogP contribution in [-0.2, 0) is 22.5 Å². The standard InChI is InChI=1S/C21H30N4O6/c1-5-6-9-25-19(22)18(20(27)23-21(25)28)24(10-11-29-2)17(26)13-14-7-8-15(30-3)16(12-14)31-4/h7-8,12H,5-6,9-11,13,22H2,1-4H3,(H,23,27,28). The van der Waals surface area contributed by atoms with Crippen LogP contribution in [0.5, 0.6) is 11.5 Å². The molecule has 0 fully saturated rings. The van der Waals surface area contributed by atoms with Crippen molar-refractivity contribution < 1.29 is 19.0 Å². The fourth-order valence-electron chi connectivity index (χ4n) is 3.18. The van der Waals surface area contributed by atoms with E-state index in [-0.39, 0.29) is 37.0 Å². The van der Waals surface area contributed by atoms with Gasteiger partial charge in [-0.1, -0.05) is 19.4 Å². The molecule has 0 aliphatic heterocycles. The monoisotopic (exact) mass is 434 g/mol. The number of aromatic nitrogens is 2. The Balaban J connectivity index is 2.45. The highest BCUT2D eigenvalue weighted by molar-refractivity contribution is 5.96. The Morgan fingerprint density at radius 2 is 1.87 bits per heavy atom. The summed E-state index contributed by atoms with van der Waals surface area (Å²) in [6.07, 6.45) is 1.52. The molecule has 0 saturated heterocycles. The fraction of sp³-hybridized carbons (Fsp3) is 0.476. The van der Waals surface area contributed by atoms with Crippen LogP contribution in [0.3, 0.4) is 0 Å². The number of anilines is 2. The zero-order valence-electron chi connectivity index (χ0n) is 18.4. The fourth-order valence-corrected chi connectivity index (χ4v) is 3.18. The Hall–Kier alpha value is -3.27. The minimum Gasteiger partial charge on any atom is -0.493 e. The SMILES string of the molecule is CCCCn1c(N)c(N(CCOC)C(=O)Cc2ccc(OC)c(OC)c2)c(=O)[nH]c1=O. The van der Waals surface area contributed by atoms with Gasteiger partial charge in [0, 0.05) is 20.2 Å². The van der Waals surface area contributed by atoms with E-state index in [0.29, 0.717) is 30.0 Å². The van der Waals surface area contributed by atoms with E-state index in [1.807, 2.05) is 6.92 Å². The number of ether oxygens (including phenoxy) is 3. The summed E-state index contributed by atoms with van der Waals surface area (Å²) in [5, 5.41) is 0. The maximum absolute atomic E-state index is 13.2. The molecule has 2 aromatic rings. The van der Waals surface area contributed by atoms with Crippen LogP contribution in [0, 0.1) is 0 Å². The summed E-state index contributed by atoms with van der Waals surface area (Å²) in [7, 11) is 4.53. The summed E-state index contributed by atoms with van der Waals surface area (Å²) in [5.74, 6) is 0.612. The third-order valence-corrected chi connectivity index (χ3v) is 4.84. The van der Waals surface area contributed by atoms with E-state index in [9.17, 15) is 14.4 Å². The van der Waals surface area contributed by atoms with Gasteiger partial charge in [-0.15, -0.1) is 0 Å². The average Bonchev–Trinajstić information content (AvgIpc) is 2.75. The number of carbonyl (C=O) groups excluding carboxylic acids is 1. The highest BCUT2D eigenvalue weighted by atomic mass is 16.5. The average molecular weight is 434 g/mol. The largest absolute Gasteiger partial charge is 0.493 e. The summed E-state index contributed by atoms with van der Waals surface area (Å²) in [4.78, 5) is 41.6. The number of nitrogens with zero attached hydrogens (tertiary/aromatic N) is 2. The smallest absolute Gasteiger partial charge is 0.330 e. The minimum absolute atomic E-state index is 0.0168. The molecule has 1 aromatic heterocycles. The van der Waals surface area contributed by atoms with Gasteiger partial charge in [-0.2, -0.15) is 0 Å². The van der Waals surface area contributed by atoms with Gasteiger partial charge in [0.1, 0.15) is 5.82 Å². The van der Waals surface area contributed by atoms with E-state index in [0.717, 1.165) is 6.42 Å². The lowest BCUT2D eigenvalue weighted by Crippen LogP contribution is -2.43. The van der Waals surface area contributed by atoms with E-state index in [2.05, 4.69) is 4.98 Å². The van der Waals surface area contributed by atoms with Crippen molar-refractivity contribution in [2.45, 2.75) is 32.7 Å². The number of hydrogen-bond acceptors (Lipinski definition) is 7. The van der Waals surface area contributed by atoms with Gasteiger partial charge >= 0.3 is 5.69 Å². The highest BCUT2D eigenvalue weighted by Gasteiger charge is 2.24. The van der Waals surface area contributed by atoms with Gasteiger partial charge in [0.2, 0.25) is 5.91 Å². The van der Waals surface area contributed by atoms with E-state index in [1.54, 1.807) is 18.2 Å². The summed E-state index contributed by atoms with van der Waals surface area (Å²) in [6, 6.07) is 5.14. The highest BCUT2D eigenvalue weighted by Crippen LogP contribution is 2.28. The molecule has 0 aliphatic carbocycles. The number of carbonyl (C=O) groups is 1. The number of nitrogens with one attached hydrogen (secondary N) is 1. The van der Waals surface area contributed by atoms with Crippen LogP contribution in [-0.4, -0.2) is 49.9 Å². The van der Waals surface area contributed by atoms with Gasteiger partial charge < -0.3 is 24.8 Å². The molecule has 3 N–H and O–H groups in total. The summed E-state index contributed by atoms with van der Waals surface area (Å²) >= 11 is 0. The van der Waals surface area contributed by atoms with Gasteiger partial charge in [0.25, 0.3) is 5.56 Å². The summed E-state index contributed by atoms with van der Waals surface area (Å²) < 4.78 is 16.9. The number of nitrogen functional groups attached to an aromatic ring is 1. The molecular weight excluding hydrogens is 404 g/mol. The maximum atomic E-state index is 13.2. The molecule has 0 atom stereocenters. The number of unbranched alkanes of at least 4 members (excludes halogenated alkanes) is 1. The number of nitrogens with two attached hydrogens (primary N) is 1. The van der Waals surface area contributed by atoms with E-state index in [1.165, 1.54) is 30.8 Å². The first kappa shape index (κ1) is 24.0. The van der Waals surface area contributed by atoms with Crippen molar-refractivity contribution in [1.82, 2.24) is 9.55 Å². The lowest BCUT2D eigenvalue weighted by Gasteiger charge is -2.24. The third kappa shape index (κ3) is 5.66. The number of benzene rings is 1. The van der Waals surface area contributed by atoms with Crippen LogP contribution in [0.25, 0.3) is 0 Å². The lowest BCUT2D eigenvalue weighted by atomic mass is 10.1. The molecule has 0 aliphatic rings. The van der Waals surface area contributed by atoms with Crippen molar-refractivity contribution in [2.24, 2.45) is 0 Å². The molecule has 31 heavy (non-hydrogen) atoms. The molecule has 0 saturated carbocycles. The molecular formula is C21H30N4O6. The predicted molar refractivity (Wildman–Crippen MR) is 118 cm³/mol. The number of hydrogen-bond donors (Lipinski definition) is 2. The van der Waals surface area contributed by atoms with Crippen LogP contribution in [0.15, 0.2) is 27.8 Å². The number of H-pyrrole nitrogens is 1. The molecule has 1 heterocycles. The lowest BCUT2D eigenvalue weighted by molar-refractivity contribution is -0.118. The quantitative estimate of drug-likeness (QED) is 0.543. The van der Waals surface area contributed by atoms with Crippen molar-refractivity contribution in [3.05, 3.63) is 44.6 Å². The van der Waals surface area contributed by atoms with E-state index in [4.69, 9.17) is 19.9 Å². The predicted octanol–water partition coefficient (Wildman–Crippen LogP) is 1.16. The first-order chi connectivity index (χ1) is 14.9. The number of rotatable bonds is 11. The zero-order chi connectivity index (χ0) is 23.0. The second-order valence-electron chi connectivity index (χ2n) is 6.90. The van der Waals surface area contributed by atoms with Crippen molar-refractivity contribution in [3.63, 3.8) is 0 Å². The summed E-state index contributed by atoms with van der Waals surface area (Å²) in [6.45, 7) is 2.60. The molecule has 2 rings (SSSR count). The normalized spacial score (nSPS) is 10.7. The second kappa shape index (κ2) is 11.2. The number of amides is 1. The molecule has 170 valence electrons. The van der Waals surface area contributed by atoms with E-state index >= 15 is 0 Å². The van der Waals surface area contributed by atoms with Gasteiger partial charge in [-0.25, -0.2) is 4.79 Å². The van der Waals surface area contributed by atoms with Crippen LogP contribution in [0.2, 0.25) is 0 Å². The first-order valence-corrected chi connectivity index (χ1v) is 10.0. The zero-order valence-corrected chi connectivity index (χ0v) is 18.4. The third-order valence-electron chi connectivity index (χ3n) is 4.84. The molecule has 0 radical (unpaired) electrons. The van der Waals surface area contributed by atoms with Gasteiger partial charge in [-0.05, 0) is 24.1 Å². The molecule has 1 amide bonds. The van der Waals surface area contributed by atoms with Gasteiger partial charge in [0.05, 0.1) is 27.2 Å². The van der Waals surface area contributed by atoms with Crippen LogP contribution < -0.4 is 31.4 Å². The first-order valence-electron chi connectivity index (χ1n) is 10.0. The minimum atomic E-state index is -0.716. The maximum Gasteiger partial charge on any atom is 0.330 e. The molecule has 1 aromatic carbocycles. The van der Waals surface area contributed by atoms with Crippen LogP contribution in [0.4, 0.5) is 11.5 Å². The number of aromatic amines is 1. The Kier molecular flexibility index (Phi) is 8.68. The van der Waals surface area contributed by atoms with E-state index < -0.39 is 11.2 Å². The molecule has 10 heteroatoms. The Bertz CT molecular complexity index is 1010. The van der Waals surface area contributed by atoms with Crippen molar-refractivity contribution in [1.29, 1.82) is 0 Å². The van der Waals surface area contributed by atoms with Crippen molar-refractivity contribution in [2.75, 3.05) is 45.1 Å². The van der Waals surface area contributed by atoms with Gasteiger partial charge in [0.15, 0.2) is 17.2 Å². The Morgan fingerprint density at radius 3 is 2.48 bits per heavy atom. The Labute approximate surface area is 180 Å². The van der Waals surface area contributed by atoms with Crippen molar-refractivity contribution in [3.8, 4) is 11.5 Å². The van der Waals surface area contributed by atoms with Crippen LogP contribution in [0.1, 0.15) is 25.3 Å². The van der Waals surface area contributed by atoms with Crippen LogP contribution >= 0.6 is 0 Å². The molecule has 10 nitrogen and oxygen atoms in total. The molecule has 0 unspecified atom stereocenters. The van der Waals surface area contributed by atoms with Gasteiger partial charge in [-0.3, -0.25) is 19.1 Å². The summed E-state index contributed by atoms with van der Waals surface area (Å²) in [5.41, 5.74) is 5.48. The van der Waals surface area contributed by atoms with Crippen molar-refractivity contribution >= 4 is 17.4 Å². The Morgan fingerprint density at radius 1 is 1.16 bits per heavy atom. The molecule has 0 spiro atoms.